The first-order valence-electron chi connectivity index (χ1n) is 14.4. The number of anilines is 1. The Morgan fingerprint density at radius 3 is 2.59 bits per heavy atom. The number of hydrogen-bond donors (Lipinski definition) is 1. The van der Waals surface area contributed by atoms with Gasteiger partial charge in [-0.3, -0.25) is 14.4 Å². The number of carbonyl (C=O) groups excluding carboxylic acids is 3. The molecule has 3 aliphatic rings. The fourth-order valence-corrected chi connectivity index (χ4v) is 7.66. The lowest BCUT2D eigenvalue weighted by atomic mass is 9.96. The van der Waals surface area contributed by atoms with Crippen LogP contribution < -0.4 is 10.1 Å². The highest BCUT2D eigenvalue weighted by atomic mass is 32.2. The summed E-state index contributed by atoms with van der Waals surface area (Å²) in [7, 11) is 1.57. The molecule has 0 spiro atoms. The van der Waals surface area contributed by atoms with Gasteiger partial charge in [0.2, 0.25) is 11.8 Å². The molecule has 1 aliphatic carbocycles. The topological polar surface area (TPSA) is 95.1 Å². The van der Waals surface area contributed by atoms with Crippen LogP contribution in [0.4, 0.5) is 5.13 Å². The molecule has 1 atom stereocenters. The molecule has 41 heavy (non-hydrogen) atoms. The van der Waals surface area contributed by atoms with Crippen molar-refractivity contribution in [2.45, 2.75) is 67.1 Å². The summed E-state index contributed by atoms with van der Waals surface area (Å²) < 4.78 is 6.54. The van der Waals surface area contributed by atoms with E-state index in [-0.39, 0.29) is 29.7 Å². The molecule has 1 N–H and O–H groups in total. The number of rotatable bonds is 8. The van der Waals surface area contributed by atoms with Crippen LogP contribution in [0.2, 0.25) is 0 Å². The van der Waals surface area contributed by atoms with Crippen molar-refractivity contribution in [1.82, 2.24) is 19.7 Å². The van der Waals surface area contributed by atoms with Crippen molar-refractivity contribution in [2.75, 3.05) is 45.2 Å². The molecule has 3 heterocycles. The smallest absolute Gasteiger partial charge is 0.257 e. The zero-order valence-corrected chi connectivity index (χ0v) is 25.7. The van der Waals surface area contributed by atoms with E-state index in [1.807, 2.05) is 26.0 Å². The predicted molar refractivity (Wildman–Crippen MR) is 162 cm³/mol. The molecule has 1 aromatic heterocycles. The van der Waals surface area contributed by atoms with Gasteiger partial charge in [0, 0.05) is 42.5 Å². The van der Waals surface area contributed by atoms with Crippen LogP contribution in [0.5, 0.6) is 5.75 Å². The van der Waals surface area contributed by atoms with E-state index in [0.717, 1.165) is 46.6 Å². The maximum absolute atomic E-state index is 13.7. The number of benzene rings is 1. The summed E-state index contributed by atoms with van der Waals surface area (Å²) in [6, 6.07) is 4.41. The van der Waals surface area contributed by atoms with E-state index in [1.54, 1.807) is 23.1 Å². The maximum atomic E-state index is 13.7. The standard InChI is InChI=1S/C30H39N5O4S2/c1-5-26(36)35-12-6-11-34(18-20(35)3)29(38)23-16-25(19(2)15-24(23)39-4)40-27-17-31-30(41-27)32-28(37)21-9-13-33(14-10-21)22-7-8-22/h5,15-17,20-22H,1,6-14,18H2,2-4H3,(H,31,32,37)/t20-/m1/s1. The highest BCUT2D eigenvalue weighted by Gasteiger charge is 2.34. The Morgan fingerprint density at radius 1 is 1.15 bits per heavy atom. The first-order valence-corrected chi connectivity index (χ1v) is 16.0. The quantitative estimate of drug-likeness (QED) is 0.442. The lowest BCUT2D eigenvalue weighted by Crippen LogP contribution is -2.43. The number of thiazole rings is 1. The average Bonchev–Trinajstić information content (AvgIpc) is 3.77. The number of nitrogens with one attached hydrogen (secondary N) is 1. The molecule has 2 aliphatic heterocycles. The lowest BCUT2D eigenvalue weighted by molar-refractivity contribution is -0.127. The van der Waals surface area contributed by atoms with E-state index < -0.39 is 0 Å². The van der Waals surface area contributed by atoms with Gasteiger partial charge in [-0.2, -0.15) is 0 Å². The van der Waals surface area contributed by atoms with Crippen molar-refractivity contribution in [2.24, 2.45) is 5.92 Å². The molecule has 220 valence electrons. The molecule has 1 aromatic carbocycles. The number of carbonyl (C=O) groups is 3. The zero-order chi connectivity index (χ0) is 29.1. The third kappa shape index (κ3) is 6.95. The molecule has 0 radical (unpaired) electrons. The van der Waals surface area contributed by atoms with Crippen LogP contribution in [0.15, 0.2) is 40.1 Å². The SMILES string of the molecule is C=CC(=O)N1CCCN(C(=O)c2cc(Sc3cnc(NC(=O)C4CCN(C5CC5)CC4)s3)c(C)cc2OC)C[C@H]1C. The van der Waals surface area contributed by atoms with E-state index >= 15 is 0 Å². The van der Waals surface area contributed by atoms with Crippen LogP contribution in [0.3, 0.4) is 0 Å². The van der Waals surface area contributed by atoms with Gasteiger partial charge >= 0.3 is 0 Å². The lowest BCUT2D eigenvalue weighted by Gasteiger charge is -2.31. The van der Waals surface area contributed by atoms with Gasteiger partial charge in [-0.25, -0.2) is 4.98 Å². The van der Waals surface area contributed by atoms with Gasteiger partial charge in [0.15, 0.2) is 5.13 Å². The van der Waals surface area contributed by atoms with E-state index in [2.05, 4.69) is 21.8 Å². The third-order valence-electron chi connectivity index (χ3n) is 8.20. The van der Waals surface area contributed by atoms with Crippen molar-refractivity contribution >= 4 is 46.0 Å². The van der Waals surface area contributed by atoms with Gasteiger partial charge < -0.3 is 24.8 Å². The second-order valence-corrected chi connectivity index (χ2v) is 13.5. The molecule has 0 bridgehead atoms. The zero-order valence-electron chi connectivity index (χ0n) is 24.1. The summed E-state index contributed by atoms with van der Waals surface area (Å²) in [5.74, 6) is 0.384. The number of piperidine rings is 1. The minimum Gasteiger partial charge on any atom is -0.496 e. The number of nitrogens with zero attached hydrogens (tertiary/aromatic N) is 4. The van der Waals surface area contributed by atoms with Gasteiger partial charge in [-0.05, 0) is 82.8 Å². The Balaban J connectivity index is 1.25. The minimum atomic E-state index is -0.117. The Morgan fingerprint density at radius 2 is 1.90 bits per heavy atom. The monoisotopic (exact) mass is 597 g/mol. The van der Waals surface area contributed by atoms with E-state index in [0.29, 0.717) is 42.5 Å². The van der Waals surface area contributed by atoms with Gasteiger partial charge in [0.1, 0.15) is 5.75 Å². The normalized spacial score (nSPS) is 20.4. The number of methoxy groups -OCH3 is 1. The molecule has 1 saturated carbocycles. The van der Waals surface area contributed by atoms with E-state index in [4.69, 9.17) is 4.74 Å². The molecule has 0 unspecified atom stereocenters. The van der Waals surface area contributed by atoms with Crippen LogP contribution in [-0.2, 0) is 9.59 Å². The Hall–Kier alpha value is -2.89. The first-order chi connectivity index (χ1) is 19.8. The summed E-state index contributed by atoms with van der Waals surface area (Å²) in [5.41, 5.74) is 1.48. The average molecular weight is 598 g/mol. The molecule has 9 nitrogen and oxygen atoms in total. The highest BCUT2D eigenvalue weighted by molar-refractivity contribution is 8.01. The van der Waals surface area contributed by atoms with Gasteiger partial charge in [-0.1, -0.05) is 29.7 Å². The van der Waals surface area contributed by atoms with Crippen molar-refractivity contribution in [1.29, 1.82) is 0 Å². The van der Waals surface area contributed by atoms with Gasteiger partial charge in [0.05, 0.1) is 23.1 Å². The fourth-order valence-electron chi connectivity index (χ4n) is 5.71. The molecule has 5 rings (SSSR count). The van der Waals surface area contributed by atoms with Crippen LogP contribution in [0.25, 0.3) is 0 Å². The van der Waals surface area contributed by atoms with E-state index in [1.165, 1.54) is 42.0 Å². The summed E-state index contributed by atoms with van der Waals surface area (Å²) >= 11 is 2.97. The maximum Gasteiger partial charge on any atom is 0.257 e. The number of ether oxygens (including phenoxy) is 1. The Labute approximate surface area is 250 Å². The van der Waals surface area contributed by atoms with Crippen LogP contribution >= 0.6 is 23.1 Å². The molecule has 3 amide bonds. The van der Waals surface area contributed by atoms with Crippen LogP contribution in [0.1, 0.15) is 54.9 Å². The highest BCUT2D eigenvalue weighted by Crippen LogP contribution is 2.39. The fraction of sp³-hybridized carbons (Fsp3) is 0.533. The van der Waals surface area contributed by atoms with Gasteiger partial charge in [0.25, 0.3) is 5.91 Å². The summed E-state index contributed by atoms with van der Waals surface area (Å²) in [6.07, 6.45) is 8.19. The largest absolute Gasteiger partial charge is 0.496 e. The van der Waals surface area contributed by atoms with Gasteiger partial charge in [-0.15, -0.1) is 0 Å². The minimum absolute atomic E-state index is 0.0334. The second-order valence-electron chi connectivity index (χ2n) is 11.1. The Bertz CT molecular complexity index is 1300. The van der Waals surface area contributed by atoms with Crippen molar-refractivity contribution < 1.29 is 19.1 Å². The van der Waals surface area contributed by atoms with E-state index in [9.17, 15) is 14.4 Å². The Kier molecular flexibility index (Phi) is 9.35. The predicted octanol–water partition coefficient (Wildman–Crippen LogP) is 4.67. The number of hydrogen-bond acceptors (Lipinski definition) is 8. The summed E-state index contributed by atoms with van der Waals surface area (Å²) in [4.78, 5) is 50.4. The van der Waals surface area contributed by atoms with Crippen LogP contribution in [0, 0.1) is 12.8 Å². The molecule has 2 saturated heterocycles. The molecule has 11 heteroatoms. The molecule has 2 aromatic rings. The van der Waals surface area contributed by atoms with Crippen LogP contribution in [-0.4, -0.2) is 89.3 Å². The summed E-state index contributed by atoms with van der Waals surface area (Å²) in [6.45, 7) is 11.1. The van der Waals surface area contributed by atoms with Crippen molar-refractivity contribution in [3.63, 3.8) is 0 Å². The molecular formula is C30H39N5O4S2. The molecular weight excluding hydrogens is 558 g/mol. The third-order valence-corrected chi connectivity index (χ3v) is 10.4. The number of aryl methyl sites for hydroxylation is 1. The first kappa shape index (κ1) is 29.6. The second kappa shape index (κ2) is 13.0. The van der Waals surface area contributed by atoms with Crippen molar-refractivity contribution in [3.8, 4) is 5.75 Å². The molecule has 3 fully saturated rings. The summed E-state index contributed by atoms with van der Waals surface area (Å²) in [5, 5.41) is 3.63. The number of amides is 3. The number of aromatic nitrogens is 1. The number of likely N-dealkylation sites (tertiary alicyclic amines) is 1. The van der Waals surface area contributed by atoms with Crippen molar-refractivity contribution in [3.05, 3.63) is 42.1 Å².